The highest BCUT2D eigenvalue weighted by molar-refractivity contribution is 5.87. The van der Waals surface area contributed by atoms with E-state index in [1.54, 1.807) is 36.5 Å². The normalized spacial score (nSPS) is 10.7. The second-order valence-corrected chi connectivity index (χ2v) is 4.94. The maximum Gasteiger partial charge on any atom is 0.383 e. The van der Waals surface area contributed by atoms with Gasteiger partial charge in [-0.2, -0.15) is 4.98 Å². The molecular weight excluding hydrogens is 296 g/mol. The fraction of sp³-hybridized carbons (Fsp3) is 0.250. The van der Waals surface area contributed by atoms with Crippen LogP contribution in [0.1, 0.15) is 29.7 Å². The van der Waals surface area contributed by atoms with Gasteiger partial charge in [0.2, 0.25) is 0 Å². The molecule has 0 amide bonds. The summed E-state index contributed by atoms with van der Waals surface area (Å²) < 4.78 is 12.2. The lowest BCUT2D eigenvalue weighted by atomic mass is 10.3. The Morgan fingerprint density at radius 3 is 2.61 bits per heavy atom. The van der Waals surface area contributed by atoms with Crippen molar-refractivity contribution in [3.05, 3.63) is 48.0 Å². The largest absolute Gasteiger partial charge is 0.494 e. The first kappa shape index (κ1) is 15.0. The number of aryl methyl sites for hydroxylation is 1. The van der Waals surface area contributed by atoms with Crippen molar-refractivity contribution in [2.24, 2.45) is 0 Å². The van der Waals surface area contributed by atoms with Gasteiger partial charge in [-0.05, 0) is 43.7 Å². The lowest BCUT2D eigenvalue weighted by molar-refractivity contribution is 0.0722. The van der Waals surface area contributed by atoms with E-state index < -0.39 is 5.97 Å². The Morgan fingerprint density at radius 1 is 1.17 bits per heavy atom. The van der Waals surface area contributed by atoms with Crippen LogP contribution in [0.5, 0.6) is 11.5 Å². The van der Waals surface area contributed by atoms with Crippen LogP contribution in [0.2, 0.25) is 0 Å². The third-order valence-electron chi connectivity index (χ3n) is 3.12. The highest BCUT2D eigenvalue weighted by Crippen LogP contribution is 2.18. The molecule has 0 bridgehead atoms. The van der Waals surface area contributed by atoms with Gasteiger partial charge in [0, 0.05) is 11.9 Å². The van der Waals surface area contributed by atoms with Gasteiger partial charge in [0.05, 0.1) is 6.61 Å². The molecule has 0 spiro atoms. The van der Waals surface area contributed by atoms with E-state index in [4.69, 9.17) is 9.47 Å². The molecule has 118 valence electrons. The van der Waals surface area contributed by atoms with Gasteiger partial charge >= 0.3 is 5.97 Å². The Labute approximate surface area is 132 Å². The molecule has 2 heterocycles. The Balaban J connectivity index is 1.73. The highest BCUT2D eigenvalue weighted by atomic mass is 16.5. The number of benzene rings is 1. The van der Waals surface area contributed by atoms with E-state index in [0.29, 0.717) is 18.1 Å². The van der Waals surface area contributed by atoms with E-state index in [2.05, 4.69) is 15.1 Å². The van der Waals surface area contributed by atoms with Crippen molar-refractivity contribution in [1.29, 1.82) is 0 Å². The Morgan fingerprint density at radius 2 is 1.91 bits per heavy atom. The molecule has 3 rings (SSSR count). The zero-order valence-electron chi connectivity index (χ0n) is 12.9. The number of hydrogen-bond donors (Lipinski definition) is 0. The Bertz CT molecular complexity index is 827. The predicted octanol–water partition coefficient (Wildman–Crippen LogP) is 2.44. The quantitative estimate of drug-likeness (QED) is 0.532. The molecule has 2 aromatic heterocycles. The van der Waals surface area contributed by atoms with Crippen molar-refractivity contribution in [2.45, 2.75) is 20.3 Å². The van der Waals surface area contributed by atoms with Crippen LogP contribution in [0.15, 0.2) is 36.5 Å². The predicted molar refractivity (Wildman–Crippen MR) is 82.7 cm³/mol. The third-order valence-corrected chi connectivity index (χ3v) is 3.12. The fourth-order valence-electron chi connectivity index (χ4n) is 1.97. The monoisotopic (exact) mass is 312 g/mol. The first-order chi connectivity index (χ1) is 11.2. The van der Waals surface area contributed by atoms with Crippen LogP contribution in [0.3, 0.4) is 0 Å². The van der Waals surface area contributed by atoms with Crippen molar-refractivity contribution in [2.75, 3.05) is 6.61 Å². The molecule has 0 aliphatic heterocycles. The first-order valence-electron chi connectivity index (χ1n) is 7.31. The summed E-state index contributed by atoms with van der Waals surface area (Å²) in [7, 11) is 0. The Hall–Kier alpha value is -2.96. The Kier molecular flexibility index (Phi) is 4.18. The number of hydrogen-bond acceptors (Lipinski definition) is 6. The van der Waals surface area contributed by atoms with Gasteiger partial charge in [0.1, 0.15) is 11.5 Å². The van der Waals surface area contributed by atoms with Gasteiger partial charge in [-0.25, -0.2) is 14.3 Å². The molecule has 0 N–H and O–H groups in total. The fourth-order valence-corrected chi connectivity index (χ4v) is 1.97. The summed E-state index contributed by atoms with van der Waals surface area (Å²) in [4.78, 5) is 20.3. The van der Waals surface area contributed by atoms with Gasteiger partial charge < -0.3 is 9.47 Å². The second kappa shape index (κ2) is 6.43. The average molecular weight is 312 g/mol. The molecule has 1 aromatic carbocycles. The van der Waals surface area contributed by atoms with Crippen LogP contribution in [-0.4, -0.2) is 32.2 Å². The summed E-state index contributed by atoms with van der Waals surface area (Å²) in [6.45, 7) is 4.54. The molecule has 23 heavy (non-hydrogen) atoms. The van der Waals surface area contributed by atoms with E-state index in [1.807, 2.05) is 13.8 Å². The maximum absolute atomic E-state index is 12.1. The average Bonchev–Trinajstić information content (AvgIpc) is 3.00. The molecule has 7 nitrogen and oxygen atoms in total. The molecule has 0 aliphatic carbocycles. The van der Waals surface area contributed by atoms with Crippen LogP contribution in [0.4, 0.5) is 0 Å². The number of aromatic nitrogens is 4. The zero-order valence-corrected chi connectivity index (χ0v) is 12.9. The number of carbonyl (C=O) groups is 1. The van der Waals surface area contributed by atoms with Gasteiger partial charge in [-0.1, -0.05) is 6.92 Å². The minimum Gasteiger partial charge on any atom is -0.494 e. The van der Waals surface area contributed by atoms with E-state index in [0.717, 1.165) is 17.9 Å². The van der Waals surface area contributed by atoms with Gasteiger partial charge in [-0.15, -0.1) is 5.10 Å². The number of nitrogens with zero attached hydrogens (tertiary/aromatic N) is 4. The van der Waals surface area contributed by atoms with Crippen molar-refractivity contribution in [1.82, 2.24) is 19.6 Å². The van der Waals surface area contributed by atoms with E-state index in [1.165, 1.54) is 4.52 Å². The van der Waals surface area contributed by atoms with Crippen LogP contribution in [0, 0.1) is 6.92 Å². The summed E-state index contributed by atoms with van der Waals surface area (Å²) in [5.74, 6) is 0.843. The standard InChI is InChI=1S/C16H16N4O3/c1-3-10-22-12-4-6-13(7-5-12)23-15(21)14-18-16-17-9-8-11(2)20(16)19-14/h4-9H,3,10H2,1-2H3. The topological polar surface area (TPSA) is 78.6 Å². The minimum atomic E-state index is -0.628. The SMILES string of the molecule is CCCOc1ccc(OC(=O)c2nc3nccc(C)n3n2)cc1. The third kappa shape index (κ3) is 3.28. The molecule has 0 radical (unpaired) electrons. The number of fused-ring (bicyclic) bond motifs is 1. The maximum atomic E-state index is 12.1. The number of rotatable bonds is 5. The summed E-state index contributed by atoms with van der Waals surface area (Å²) in [6.07, 6.45) is 2.55. The van der Waals surface area contributed by atoms with Gasteiger partial charge in [0.15, 0.2) is 0 Å². The highest BCUT2D eigenvalue weighted by Gasteiger charge is 2.16. The van der Waals surface area contributed by atoms with Crippen molar-refractivity contribution >= 4 is 11.7 Å². The summed E-state index contributed by atoms with van der Waals surface area (Å²) in [5, 5.41) is 4.11. The van der Waals surface area contributed by atoms with Crippen molar-refractivity contribution in [3.8, 4) is 11.5 Å². The molecule has 3 aromatic rings. The van der Waals surface area contributed by atoms with E-state index in [-0.39, 0.29) is 5.82 Å². The van der Waals surface area contributed by atoms with Gasteiger partial charge in [-0.3, -0.25) is 0 Å². The van der Waals surface area contributed by atoms with Crippen LogP contribution in [0.25, 0.3) is 5.78 Å². The van der Waals surface area contributed by atoms with Crippen molar-refractivity contribution < 1.29 is 14.3 Å². The van der Waals surface area contributed by atoms with Crippen LogP contribution >= 0.6 is 0 Å². The summed E-state index contributed by atoms with van der Waals surface area (Å²) in [6, 6.07) is 8.62. The van der Waals surface area contributed by atoms with Crippen LogP contribution < -0.4 is 9.47 Å². The van der Waals surface area contributed by atoms with E-state index >= 15 is 0 Å². The molecule has 0 saturated carbocycles. The smallest absolute Gasteiger partial charge is 0.383 e. The lowest BCUT2D eigenvalue weighted by Crippen LogP contribution is -2.11. The van der Waals surface area contributed by atoms with Crippen molar-refractivity contribution in [3.63, 3.8) is 0 Å². The summed E-state index contributed by atoms with van der Waals surface area (Å²) in [5.41, 5.74) is 0.832. The molecule has 7 heteroatoms. The molecule has 0 atom stereocenters. The number of carbonyl (C=O) groups excluding carboxylic acids is 1. The zero-order chi connectivity index (χ0) is 16.2. The molecule has 0 aliphatic rings. The molecule has 0 fully saturated rings. The molecule has 0 saturated heterocycles. The minimum absolute atomic E-state index is 0.0295. The second-order valence-electron chi connectivity index (χ2n) is 4.94. The molecule has 0 unspecified atom stereocenters. The van der Waals surface area contributed by atoms with E-state index in [9.17, 15) is 4.79 Å². The number of esters is 1. The summed E-state index contributed by atoms with van der Waals surface area (Å²) >= 11 is 0. The first-order valence-corrected chi connectivity index (χ1v) is 7.31. The molecular formula is C16H16N4O3. The lowest BCUT2D eigenvalue weighted by Gasteiger charge is -2.05. The van der Waals surface area contributed by atoms with Gasteiger partial charge in [0.25, 0.3) is 11.6 Å². The number of ether oxygens (including phenoxy) is 2. The van der Waals surface area contributed by atoms with Crippen LogP contribution in [-0.2, 0) is 0 Å².